The normalized spacial score (nSPS) is 24.1. The van der Waals surface area contributed by atoms with Crippen LogP contribution in [0.3, 0.4) is 0 Å². The van der Waals surface area contributed by atoms with Crippen molar-refractivity contribution < 1.29 is 25.3 Å². The number of rotatable bonds is 3. The van der Waals surface area contributed by atoms with Crippen LogP contribution in [0, 0.1) is 0 Å². The van der Waals surface area contributed by atoms with E-state index in [1.54, 1.807) is 0 Å². The van der Waals surface area contributed by atoms with Crippen LogP contribution < -0.4 is 0 Å². The maximum atomic E-state index is 10.5. The van der Waals surface area contributed by atoms with Crippen LogP contribution in [0.5, 0.6) is 0 Å². The Morgan fingerprint density at radius 3 is 2.78 bits per heavy atom. The number of hydrogen-bond donors (Lipinski definition) is 2. The van der Waals surface area contributed by atoms with Crippen molar-refractivity contribution in [2.24, 2.45) is 0 Å². The number of ketones is 1. The molecule has 4 nitrogen and oxygen atoms in total. The Morgan fingerprint density at radius 2 is 2.44 bits per heavy atom. The summed E-state index contributed by atoms with van der Waals surface area (Å²) < 4.78 is 26.7. The molecular weight excluding hydrogens is 124 g/mol. The minimum absolute atomic E-state index is 1.25. The fraction of sp³-hybridized carbons (Fsp3) is 0.600. The van der Waals surface area contributed by atoms with E-state index in [1.807, 2.05) is 0 Å². The van der Waals surface area contributed by atoms with Crippen molar-refractivity contribution >= 4 is 11.8 Å². The maximum absolute atomic E-state index is 10.5. The molecule has 0 aromatic rings. The van der Waals surface area contributed by atoms with E-state index in [9.17, 15) is 9.59 Å². The second-order valence-electron chi connectivity index (χ2n) is 1.35. The van der Waals surface area contributed by atoms with Gasteiger partial charge in [0.1, 0.15) is 0 Å². The molecule has 1 unspecified atom stereocenters. The fourth-order valence-electron chi connectivity index (χ4n) is 0.228. The van der Waals surface area contributed by atoms with Gasteiger partial charge in [-0.3, -0.25) is 4.79 Å². The van der Waals surface area contributed by atoms with E-state index in [0.29, 0.717) is 0 Å². The van der Waals surface area contributed by atoms with Crippen molar-refractivity contribution in [3.63, 3.8) is 0 Å². The summed E-state index contributed by atoms with van der Waals surface area (Å²) in [5.41, 5.74) is 0. The number of carbonyl (C=O) groups is 2. The molecule has 9 heavy (non-hydrogen) atoms. The van der Waals surface area contributed by atoms with E-state index in [2.05, 4.69) is 0 Å². The van der Waals surface area contributed by atoms with Gasteiger partial charge in [-0.15, -0.1) is 0 Å². The van der Waals surface area contributed by atoms with Crippen LogP contribution in [-0.2, 0) is 9.59 Å². The highest BCUT2D eigenvalue weighted by atomic mass is 16.4. The van der Waals surface area contributed by atoms with Crippen LogP contribution in [0.4, 0.5) is 0 Å². The molecule has 0 amide bonds. The summed E-state index contributed by atoms with van der Waals surface area (Å²) in [6.45, 7) is -3.10. The lowest BCUT2D eigenvalue weighted by molar-refractivity contribution is -0.149. The monoisotopic (exact) mass is 136 g/mol. The van der Waals surface area contributed by atoms with E-state index in [4.69, 9.17) is 15.7 Å². The third-order valence-corrected chi connectivity index (χ3v) is 0.567. The Hall–Kier alpha value is -0.900. The molecule has 0 aliphatic heterocycles. The van der Waals surface area contributed by atoms with Gasteiger partial charge in [-0.1, -0.05) is 0 Å². The van der Waals surface area contributed by atoms with Gasteiger partial charge in [-0.05, 0) is 6.85 Å². The Bertz CT molecular complexity index is 231. The predicted molar refractivity (Wildman–Crippen MR) is 28.9 cm³/mol. The number of Topliss-reactive ketones (excluding diaryl/α,β-unsaturated/α-hetero) is 1. The minimum atomic E-state index is -3.10. The quantitative estimate of drug-likeness (QED) is 0.508. The molecular formula is C5H8O4. The van der Waals surface area contributed by atoms with Crippen LogP contribution in [0.2, 0.25) is 0 Å². The second kappa shape index (κ2) is 3.19. The lowest BCUT2D eigenvalue weighted by Gasteiger charge is -1.96. The lowest BCUT2D eigenvalue weighted by atomic mass is 10.2. The third-order valence-electron chi connectivity index (χ3n) is 0.567. The van der Waals surface area contributed by atoms with Gasteiger partial charge in [0.25, 0.3) is 0 Å². The molecule has 0 aliphatic carbocycles. The predicted octanol–water partition coefficient (Wildman–Crippen LogP) is -0.589. The maximum Gasteiger partial charge on any atom is 0.372 e. The third kappa shape index (κ3) is 3.66. The molecule has 0 heterocycles. The average molecular weight is 136 g/mol. The number of hydrogen-bond acceptors (Lipinski definition) is 3. The van der Waals surface area contributed by atoms with Crippen LogP contribution >= 0.6 is 0 Å². The first-order valence-corrected chi connectivity index (χ1v) is 2.06. The molecule has 0 bridgehead atoms. The van der Waals surface area contributed by atoms with Crippen molar-refractivity contribution in [1.82, 2.24) is 0 Å². The van der Waals surface area contributed by atoms with Crippen LogP contribution in [0.1, 0.15) is 18.8 Å². The lowest BCUT2D eigenvalue weighted by Crippen LogP contribution is -2.17. The van der Waals surface area contributed by atoms with Crippen molar-refractivity contribution in [3.8, 4) is 0 Å². The Labute approximate surface area is 57.7 Å². The second-order valence-corrected chi connectivity index (χ2v) is 1.35. The first kappa shape index (κ1) is 3.31. The topological polar surface area (TPSA) is 74.6 Å². The number of carbonyl (C=O) groups excluding carboxylic acids is 1. The Balaban J connectivity index is 4.53. The van der Waals surface area contributed by atoms with Crippen molar-refractivity contribution in [2.45, 2.75) is 19.4 Å². The molecule has 0 saturated carbocycles. The average Bonchev–Trinajstić information content (AvgIpc) is 1.83. The first-order valence-electron chi connectivity index (χ1n) is 4.06. The van der Waals surface area contributed by atoms with Crippen LogP contribution in [0.15, 0.2) is 0 Å². The zero-order valence-electron chi connectivity index (χ0n) is 8.42. The molecule has 1 atom stereocenters. The van der Waals surface area contributed by atoms with Crippen molar-refractivity contribution in [1.29, 1.82) is 0 Å². The molecule has 0 fully saturated rings. The van der Waals surface area contributed by atoms with Crippen molar-refractivity contribution in [2.75, 3.05) is 0 Å². The summed E-state index contributed by atoms with van der Waals surface area (Å²) in [5.74, 6) is -3.37. The van der Waals surface area contributed by atoms with Gasteiger partial charge >= 0.3 is 5.97 Å². The van der Waals surface area contributed by atoms with Gasteiger partial charge in [0.05, 0.1) is 7.45 Å². The van der Waals surface area contributed by atoms with Gasteiger partial charge < -0.3 is 10.2 Å². The standard InChI is InChI=1S/C5H8O4/c1-3(6)2-4(7)5(8)9/h3,6H,2H2,1H3,(H,8,9)/i1D3,3D. The zero-order chi connectivity index (χ0) is 10.9. The molecule has 2 N–H and O–H groups in total. The van der Waals surface area contributed by atoms with Crippen molar-refractivity contribution in [3.05, 3.63) is 0 Å². The number of carboxylic acids is 1. The van der Waals surface area contributed by atoms with E-state index in [1.165, 1.54) is 0 Å². The summed E-state index contributed by atoms with van der Waals surface area (Å²) in [6.07, 6.45) is -4.29. The van der Waals surface area contributed by atoms with Gasteiger partial charge in [0, 0.05) is 10.5 Å². The number of aliphatic hydroxyl groups is 1. The molecule has 0 saturated heterocycles. The van der Waals surface area contributed by atoms with Gasteiger partial charge in [0.2, 0.25) is 5.78 Å². The molecule has 0 rings (SSSR count). The van der Waals surface area contributed by atoms with Gasteiger partial charge in [0.15, 0.2) is 0 Å². The highest BCUT2D eigenvalue weighted by molar-refractivity contribution is 6.32. The summed E-state index contributed by atoms with van der Waals surface area (Å²) in [4.78, 5) is 20.5. The van der Waals surface area contributed by atoms with Gasteiger partial charge in [-0.25, -0.2) is 4.79 Å². The van der Waals surface area contributed by atoms with E-state index in [0.717, 1.165) is 0 Å². The molecule has 0 aromatic heterocycles. The minimum Gasteiger partial charge on any atom is -0.475 e. The summed E-state index contributed by atoms with van der Waals surface area (Å²) in [6, 6.07) is 0. The van der Waals surface area contributed by atoms with E-state index >= 15 is 0 Å². The summed E-state index contributed by atoms with van der Waals surface area (Å²) in [7, 11) is 0. The van der Waals surface area contributed by atoms with Crippen LogP contribution in [0.25, 0.3) is 0 Å². The highest BCUT2D eigenvalue weighted by Gasteiger charge is 2.12. The fourth-order valence-corrected chi connectivity index (χ4v) is 0.228. The molecule has 0 spiro atoms. The molecule has 0 aliphatic rings. The Morgan fingerprint density at radius 1 is 1.89 bits per heavy atom. The van der Waals surface area contributed by atoms with Gasteiger partial charge in [-0.2, -0.15) is 0 Å². The van der Waals surface area contributed by atoms with Crippen LogP contribution in [-0.4, -0.2) is 28.0 Å². The first-order chi connectivity index (χ1) is 5.58. The highest BCUT2D eigenvalue weighted by Crippen LogP contribution is 1.89. The largest absolute Gasteiger partial charge is 0.475 e. The number of aliphatic carboxylic acids is 1. The molecule has 0 radical (unpaired) electrons. The summed E-state index contributed by atoms with van der Waals surface area (Å²) in [5, 5.41) is 17.0. The molecule has 52 valence electrons. The smallest absolute Gasteiger partial charge is 0.372 e. The SMILES string of the molecule is [2H]C([2H])([2H])C([2H])(O)CC(=O)C(=O)O. The molecule has 0 aromatic carbocycles. The summed E-state index contributed by atoms with van der Waals surface area (Å²) >= 11 is 0. The zero-order valence-corrected chi connectivity index (χ0v) is 4.42. The Kier molecular flexibility index (Phi) is 1.17. The van der Waals surface area contributed by atoms with E-state index < -0.39 is 31.1 Å². The molecule has 4 heteroatoms. The van der Waals surface area contributed by atoms with E-state index in [-0.39, 0.29) is 0 Å². The number of carboxylic acid groups (broad SMARTS) is 1.